The normalized spacial score (nSPS) is 11.2. The molecule has 0 radical (unpaired) electrons. The monoisotopic (exact) mass is 216 g/mol. The fourth-order valence-electron chi connectivity index (χ4n) is 1.81. The average Bonchev–Trinajstić information content (AvgIpc) is 2.37. The van der Waals surface area contributed by atoms with Crippen molar-refractivity contribution in [3.63, 3.8) is 0 Å². The molecule has 1 nitrogen and oxygen atoms in total. The van der Waals surface area contributed by atoms with Gasteiger partial charge < -0.3 is 0 Å². The Hall–Kier alpha value is -1.37. The van der Waals surface area contributed by atoms with Crippen molar-refractivity contribution in [2.75, 3.05) is 0 Å². The molecule has 1 aromatic rings. The number of ketones is 1. The van der Waals surface area contributed by atoms with Gasteiger partial charge >= 0.3 is 0 Å². The predicted molar refractivity (Wildman–Crippen MR) is 68.9 cm³/mol. The van der Waals surface area contributed by atoms with Crippen molar-refractivity contribution in [1.29, 1.82) is 0 Å². The lowest BCUT2D eigenvalue weighted by Crippen LogP contribution is -2.19. The fraction of sp³-hybridized carbons (Fsp3) is 0.400. The Labute approximate surface area is 98.2 Å². The van der Waals surface area contributed by atoms with Gasteiger partial charge in [0.1, 0.15) is 0 Å². The molecule has 86 valence electrons. The second-order valence-electron chi connectivity index (χ2n) is 4.41. The lowest BCUT2D eigenvalue weighted by atomic mass is 9.77. The summed E-state index contributed by atoms with van der Waals surface area (Å²) in [6.45, 7) is 10.2. The first-order valence-corrected chi connectivity index (χ1v) is 5.84. The first kappa shape index (κ1) is 12.7. The van der Waals surface area contributed by atoms with Crippen LogP contribution in [0.15, 0.2) is 36.9 Å². The van der Waals surface area contributed by atoms with Crippen LogP contribution in [0.4, 0.5) is 0 Å². The Morgan fingerprint density at radius 1 is 1.25 bits per heavy atom. The van der Waals surface area contributed by atoms with Gasteiger partial charge in [0.25, 0.3) is 0 Å². The Bertz CT molecular complexity index is 369. The zero-order chi connectivity index (χ0) is 12.2. The van der Waals surface area contributed by atoms with E-state index in [4.69, 9.17) is 0 Å². The molecule has 0 N–H and O–H groups in total. The molecule has 0 spiro atoms. The number of carbonyl (C=O) groups is 1. The smallest absolute Gasteiger partial charge is 0.185 e. The molecule has 0 aromatic heterocycles. The molecule has 16 heavy (non-hydrogen) atoms. The largest absolute Gasteiger partial charge is 0.289 e. The van der Waals surface area contributed by atoms with Crippen LogP contribution in [-0.4, -0.2) is 5.78 Å². The van der Waals surface area contributed by atoms with E-state index in [1.165, 1.54) is 11.6 Å². The predicted octanol–water partition coefficient (Wildman–Crippen LogP) is 4.13. The van der Waals surface area contributed by atoms with E-state index in [2.05, 4.69) is 39.5 Å². The van der Waals surface area contributed by atoms with E-state index in [0.717, 1.165) is 12.8 Å². The van der Waals surface area contributed by atoms with Crippen molar-refractivity contribution in [1.82, 2.24) is 0 Å². The number of allylic oxidation sites excluding steroid dienone is 1. The zero-order valence-electron chi connectivity index (χ0n) is 10.4. The van der Waals surface area contributed by atoms with E-state index < -0.39 is 0 Å². The summed E-state index contributed by atoms with van der Waals surface area (Å²) in [4.78, 5) is 11.4. The van der Waals surface area contributed by atoms with Crippen LogP contribution in [0.3, 0.4) is 0 Å². The van der Waals surface area contributed by atoms with Crippen molar-refractivity contribution >= 4 is 5.78 Å². The molecule has 0 aliphatic carbocycles. The summed E-state index contributed by atoms with van der Waals surface area (Å²) in [7, 11) is 0. The first-order chi connectivity index (χ1) is 7.57. The number of rotatable bonds is 5. The van der Waals surface area contributed by atoms with Crippen LogP contribution >= 0.6 is 0 Å². The summed E-state index contributed by atoms with van der Waals surface area (Å²) in [6, 6.07) is 7.90. The quantitative estimate of drug-likeness (QED) is 0.534. The maximum absolute atomic E-state index is 11.4. The lowest BCUT2D eigenvalue weighted by molar-refractivity contribution is 0.104. The van der Waals surface area contributed by atoms with E-state index in [1.54, 1.807) is 0 Å². The highest BCUT2D eigenvalue weighted by Crippen LogP contribution is 2.30. The van der Waals surface area contributed by atoms with Gasteiger partial charge in [0.15, 0.2) is 5.78 Å². The van der Waals surface area contributed by atoms with E-state index in [-0.39, 0.29) is 11.2 Å². The Kier molecular flexibility index (Phi) is 4.05. The summed E-state index contributed by atoms with van der Waals surface area (Å²) < 4.78 is 0. The lowest BCUT2D eigenvalue weighted by Gasteiger charge is -2.27. The minimum absolute atomic E-state index is 0.0127. The van der Waals surface area contributed by atoms with Gasteiger partial charge in [-0.3, -0.25) is 4.79 Å². The highest BCUT2D eigenvalue weighted by molar-refractivity contribution is 6.04. The zero-order valence-corrected chi connectivity index (χ0v) is 10.4. The molecule has 1 heteroatoms. The van der Waals surface area contributed by atoms with E-state index in [0.29, 0.717) is 5.56 Å². The highest BCUT2D eigenvalue weighted by atomic mass is 16.1. The molecule has 0 heterocycles. The molecular weight excluding hydrogens is 196 g/mol. The minimum Gasteiger partial charge on any atom is -0.289 e. The highest BCUT2D eigenvalue weighted by Gasteiger charge is 2.21. The van der Waals surface area contributed by atoms with Crippen molar-refractivity contribution in [3.8, 4) is 0 Å². The molecule has 0 saturated carbocycles. The summed E-state index contributed by atoms with van der Waals surface area (Å²) in [6.07, 6.45) is 3.57. The number of benzene rings is 1. The molecule has 0 fully saturated rings. The van der Waals surface area contributed by atoms with Crippen molar-refractivity contribution < 1.29 is 4.79 Å². The van der Waals surface area contributed by atoms with Crippen LogP contribution in [0.25, 0.3) is 0 Å². The molecular formula is C15H20O. The van der Waals surface area contributed by atoms with Crippen LogP contribution < -0.4 is 0 Å². The molecule has 1 aromatic carbocycles. The standard InChI is InChI=1S/C15H20O/c1-5-14(16)12-8-10-13(11-9-12)15(4,6-2)7-3/h5,8-11H,1,6-7H2,2-4H3. The summed E-state index contributed by atoms with van der Waals surface area (Å²) in [5.41, 5.74) is 2.24. The molecule has 0 saturated heterocycles. The summed E-state index contributed by atoms with van der Waals surface area (Å²) in [5, 5.41) is 0. The summed E-state index contributed by atoms with van der Waals surface area (Å²) in [5.74, 6) is -0.0127. The Morgan fingerprint density at radius 2 is 1.75 bits per heavy atom. The Balaban J connectivity index is 3.03. The number of hydrogen-bond donors (Lipinski definition) is 0. The van der Waals surface area contributed by atoms with Gasteiger partial charge in [0, 0.05) is 5.56 Å². The maximum atomic E-state index is 11.4. The van der Waals surface area contributed by atoms with Crippen LogP contribution in [0.2, 0.25) is 0 Å². The number of carbonyl (C=O) groups excluding carboxylic acids is 1. The second-order valence-corrected chi connectivity index (χ2v) is 4.41. The second kappa shape index (κ2) is 5.11. The van der Waals surface area contributed by atoms with Crippen LogP contribution in [0.5, 0.6) is 0 Å². The van der Waals surface area contributed by atoms with Crippen LogP contribution in [0, 0.1) is 0 Å². The molecule has 0 amide bonds. The average molecular weight is 216 g/mol. The van der Waals surface area contributed by atoms with Gasteiger partial charge in [-0.2, -0.15) is 0 Å². The van der Waals surface area contributed by atoms with Crippen LogP contribution in [0.1, 0.15) is 49.5 Å². The third kappa shape index (κ3) is 2.41. The first-order valence-electron chi connectivity index (χ1n) is 5.84. The van der Waals surface area contributed by atoms with Gasteiger partial charge in [-0.1, -0.05) is 51.6 Å². The molecule has 0 aliphatic heterocycles. The topological polar surface area (TPSA) is 17.1 Å². The molecule has 0 unspecified atom stereocenters. The molecule has 1 rings (SSSR count). The third-order valence-electron chi connectivity index (χ3n) is 3.61. The number of hydrogen-bond acceptors (Lipinski definition) is 1. The third-order valence-corrected chi connectivity index (χ3v) is 3.61. The summed E-state index contributed by atoms with van der Waals surface area (Å²) >= 11 is 0. The molecule has 0 aliphatic rings. The Morgan fingerprint density at radius 3 is 2.12 bits per heavy atom. The van der Waals surface area contributed by atoms with Gasteiger partial charge in [-0.25, -0.2) is 0 Å². The fourth-order valence-corrected chi connectivity index (χ4v) is 1.81. The van der Waals surface area contributed by atoms with Gasteiger partial charge in [0.05, 0.1) is 0 Å². The minimum atomic E-state index is -0.0127. The van der Waals surface area contributed by atoms with Gasteiger partial charge in [0.2, 0.25) is 0 Å². The van der Waals surface area contributed by atoms with Crippen molar-refractivity contribution in [2.24, 2.45) is 0 Å². The van der Waals surface area contributed by atoms with Crippen molar-refractivity contribution in [3.05, 3.63) is 48.0 Å². The maximum Gasteiger partial charge on any atom is 0.185 e. The SMILES string of the molecule is C=CC(=O)c1ccc(C(C)(CC)CC)cc1. The van der Waals surface area contributed by atoms with E-state index in [1.807, 2.05) is 12.1 Å². The van der Waals surface area contributed by atoms with Crippen molar-refractivity contribution in [2.45, 2.75) is 39.0 Å². The molecule has 0 atom stereocenters. The van der Waals surface area contributed by atoms with E-state index >= 15 is 0 Å². The van der Waals surface area contributed by atoms with Gasteiger partial charge in [-0.05, 0) is 29.9 Å². The van der Waals surface area contributed by atoms with E-state index in [9.17, 15) is 4.79 Å². The van der Waals surface area contributed by atoms with Crippen LogP contribution in [-0.2, 0) is 5.41 Å². The van der Waals surface area contributed by atoms with Gasteiger partial charge in [-0.15, -0.1) is 0 Å². The molecule has 0 bridgehead atoms.